The van der Waals surface area contributed by atoms with Gasteiger partial charge in [-0.25, -0.2) is 0 Å². The third-order valence-corrected chi connectivity index (χ3v) is 4.37. The predicted octanol–water partition coefficient (Wildman–Crippen LogP) is 3.83. The van der Waals surface area contributed by atoms with E-state index in [4.69, 9.17) is 0 Å². The van der Waals surface area contributed by atoms with E-state index in [1.54, 1.807) is 0 Å². The molecular weight excluding hydrogens is 246 g/mol. The van der Waals surface area contributed by atoms with Gasteiger partial charge >= 0.3 is 0 Å². The average molecular weight is 275 g/mol. The molecule has 0 aromatic heterocycles. The van der Waals surface area contributed by atoms with Crippen molar-refractivity contribution in [3.8, 4) is 0 Å². The van der Waals surface area contributed by atoms with Crippen LogP contribution in [0.5, 0.6) is 0 Å². The molecule has 0 heterocycles. The highest BCUT2D eigenvalue weighted by atomic mass is 16.3. The zero-order chi connectivity index (χ0) is 14.8. The van der Waals surface area contributed by atoms with Crippen molar-refractivity contribution >= 4 is 0 Å². The van der Waals surface area contributed by atoms with Gasteiger partial charge in [-0.2, -0.15) is 0 Å². The van der Waals surface area contributed by atoms with Gasteiger partial charge in [-0.15, -0.1) is 0 Å². The fourth-order valence-electron chi connectivity index (χ4n) is 2.82. The summed E-state index contributed by atoms with van der Waals surface area (Å²) in [6.45, 7) is 9.13. The van der Waals surface area contributed by atoms with Crippen LogP contribution in [-0.2, 0) is 0 Å². The average Bonchev–Trinajstić information content (AvgIpc) is 3.19. The molecule has 0 saturated heterocycles. The molecule has 20 heavy (non-hydrogen) atoms. The monoisotopic (exact) mass is 275 g/mol. The molecule has 0 radical (unpaired) electrons. The Labute approximate surface area is 123 Å². The van der Waals surface area contributed by atoms with Crippen molar-refractivity contribution in [3.05, 3.63) is 35.4 Å². The van der Waals surface area contributed by atoms with Gasteiger partial charge in [0.1, 0.15) is 0 Å². The zero-order valence-electron chi connectivity index (χ0n) is 13.3. The van der Waals surface area contributed by atoms with E-state index in [1.165, 1.54) is 24.0 Å². The molecule has 1 fully saturated rings. The lowest BCUT2D eigenvalue weighted by Crippen LogP contribution is -2.43. The fourth-order valence-corrected chi connectivity index (χ4v) is 2.82. The predicted molar refractivity (Wildman–Crippen MR) is 84.7 cm³/mol. The molecule has 112 valence electrons. The van der Waals surface area contributed by atoms with Gasteiger partial charge in [0.2, 0.25) is 0 Å². The molecule has 1 saturated carbocycles. The van der Waals surface area contributed by atoms with Crippen molar-refractivity contribution < 1.29 is 5.11 Å². The number of aliphatic hydroxyl groups is 1. The highest BCUT2D eigenvalue weighted by Crippen LogP contribution is 2.42. The summed E-state index contributed by atoms with van der Waals surface area (Å²) in [5, 5.41) is 13.2. The van der Waals surface area contributed by atoms with E-state index in [-0.39, 0.29) is 12.0 Å². The second-order valence-corrected chi connectivity index (χ2v) is 7.32. The van der Waals surface area contributed by atoms with Crippen molar-refractivity contribution in [2.24, 2.45) is 11.3 Å². The summed E-state index contributed by atoms with van der Waals surface area (Å²) in [5.74, 6) is 0.765. The molecule has 0 spiro atoms. The Morgan fingerprint density at radius 3 is 2.25 bits per heavy atom. The van der Waals surface area contributed by atoms with Crippen LogP contribution in [-0.4, -0.2) is 17.8 Å². The molecule has 1 aliphatic rings. The van der Waals surface area contributed by atoms with Crippen molar-refractivity contribution in [1.29, 1.82) is 0 Å². The highest BCUT2D eigenvalue weighted by molar-refractivity contribution is 5.25. The zero-order valence-corrected chi connectivity index (χ0v) is 13.3. The van der Waals surface area contributed by atoms with Crippen LogP contribution in [0.15, 0.2) is 24.3 Å². The largest absolute Gasteiger partial charge is 0.396 e. The van der Waals surface area contributed by atoms with Crippen LogP contribution in [0, 0.1) is 18.3 Å². The first-order valence-electron chi connectivity index (χ1n) is 7.85. The summed E-state index contributed by atoms with van der Waals surface area (Å²) in [5.41, 5.74) is 2.87. The molecule has 1 aromatic rings. The Morgan fingerprint density at radius 1 is 1.20 bits per heavy atom. The van der Waals surface area contributed by atoms with Gasteiger partial charge in [0.25, 0.3) is 0 Å². The van der Waals surface area contributed by atoms with Gasteiger partial charge in [0.05, 0.1) is 0 Å². The van der Waals surface area contributed by atoms with E-state index < -0.39 is 0 Å². The van der Waals surface area contributed by atoms with Crippen LogP contribution in [0.3, 0.4) is 0 Å². The molecule has 2 heteroatoms. The van der Waals surface area contributed by atoms with Crippen LogP contribution < -0.4 is 5.32 Å². The Hall–Kier alpha value is -0.860. The van der Waals surface area contributed by atoms with Crippen molar-refractivity contribution in [1.82, 2.24) is 5.32 Å². The molecule has 2 atom stereocenters. The molecule has 2 nitrogen and oxygen atoms in total. The maximum atomic E-state index is 9.33. The number of nitrogens with one attached hydrogen (secondary N) is 1. The molecule has 1 aliphatic carbocycles. The molecule has 0 amide bonds. The maximum absolute atomic E-state index is 9.33. The van der Waals surface area contributed by atoms with Crippen molar-refractivity contribution in [3.63, 3.8) is 0 Å². The molecule has 2 N–H and O–H groups in total. The van der Waals surface area contributed by atoms with Crippen LogP contribution in [0.25, 0.3) is 0 Å². The minimum atomic E-state index is 0.167. The Morgan fingerprint density at radius 2 is 1.80 bits per heavy atom. The van der Waals surface area contributed by atoms with E-state index in [0.717, 1.165) is 12.3 Å². The first kappa shape index (κ1) is 15.5. The number of aliphatic hydroxyl groups excluding tert-OH is 1. The summed E-state index contributed by atoms with van der Waals surface area (Å²) >= 11 is 0. The number of rotatable bonds is 6. The second kappa shape index (κ2) is 6.28. The van der Waals surface area contributed by atoms with Crippen molar-refractivity contribution in [2.45, 2.75) is 59.0 Å². The summed E-state index contributed by atoms with van der Waals surface area (Å²) in [4.78, 5) is 0. The Balaban J connectivity index is 2.14. The Bertz CT molecular complexity index is 414. The molecular formula is C18H29NO. The lowest BCUT2D eigenvalue weighted by Gasteiger charge is -2.35. The third kappa shape index (κ3) is 4.07. The van der Waals surface area contributed by atoms with Gasteiger partial charge in [0.15, 0.2) is 0 Å². The number of hydrogen-bond acceptors (Lipinski definition) is 2. The SMILES string of the molecule is Cc1ccc(C(NC(CCO)C(C)(C)C)C2CC2)cc1. The minimum Gasteiger partial charge on any atom is -0.396 e. The van der Waals surface area contributed by atoms with Crippen LogP contribution in [0.1, 0.15) is 57.2 Å². The smallest absolute Gasteiger partial charge is 0.0446 e. The van der Waals surface area contributed by atoms with Gasteiger partial charge in [-0.05, 0) is 43.1 Å². The van der Waals surface area contributed by atoms with E-state index in [0.29, 0.717) is 12.1 Å². The van der Waals surface area contributed by atoms with Gasteiger partial charge in [-0.1, -0.05) is 50.6 Å². The number of benzene rings is 1. The quantitative estimate of drug-likeness (QED) is 0.827. The Kier molecular flexibility index (Phi) is 4.87. The van der Waals surface area contributed by atoms with Gasteiger partial charge in [0, 0.05) is 18.7 Å². The van der Waals surface area contributed by atoms with Crippen LogP contribution in [0.2, 0.25) is 0 Å². The summed E-state index contributed by atoms with van der Waals surface area (Å²) < 4.78 is 0. The van der Waals surface area contributed by atoms with E-state index >= 15 is 0 Å². The van der Waals surface area contributed by atoms with Crippen molar-refractivity contribution in [2.75, 3.05) is 6.61 Å². The lowest BCUT2D eigenvalue weighted by molar-refractivity contribution is 0.181. The fraction of sp³-hybridized carbons (Fsp3) is 0.667. The van der Waals surface area contributed by atoms with E-state index in [1.807, 2.05) is 0 Å². The molecule has 2 rings (SSSR count). The summed E-state index contributed by atoms with van der Waals surface area (Å²) in [6, 6.07) is 9.69. The van der Waals surface area contributed by atoms with Crippen LogP contribution in [0.4, 0.5) is 0 Å². The molecule has 0 bridgehead atoms. The van der Waals surface area contributed by atoms with Gasteiger partial charge in [-0.3, -0.25) is 0 Å². The highest BCUT2D eigenvalue weighted by Gasteiger charge is 2.35. The topological polar surface area (TPSA) is 32.3 Å². The van der Waals surface area contributed by atoms with Crippen LogP contribution >= 0.6 is 0 Å². The summed E-state index contributed by atoms with van der Waals surface area (Å²) in [7, 11) is 0. The standard InChI is InChI=1S/C18H29NO/c1-13-5-7-14(8-6-13)17(15-9-10-15)19-16(11-12-20)18(2,3)4/h5-8,15-17,19-20H,9-12H2,1-4H3. The number of hydrogen-bond donors (Lipinski definition) is 2. The van der Waals surface area contributed by atoms with E-state index in [9.17, 15) is 5.11 Å². The molecule has 1 aromatic carbocycles. The van der Waals surface area contributed by atoms with E-state index in [2.05, 4.69) is 57.3 Å². The molecule has 2 unspecified atom stereocenters. The minimum absolute atomic E-state index is 0.167. The summed E-state index contributed by atoms with van der Waals surface area (Å²) in [6.07, 6.45) is 3.46. The van der Waals surface area contributed by atoms with Gasteiger partial charge < -0.3 is 10.4 Å². The normalized spacial score (nSPS) is 18.9. The maximum Gasteiger partial charge on any atom is 0.0446 e. The first-order valence-corrected chi connectivity index (χ1v) is 7.85. The lowest BCUT2D eigenvalue weighted by atomic mass is 9.83. The third-order valence-electron chi connectivity index (χ3n) is 4.37. The second-order valence-electron chi connectivity index (χ2n) is 7.32. The molecule has 0 aliphatic heterocycles. The number of aryl methyl sites for hydroxylation is 1. The first-order chi connectivity index (χ1) is 9.41.